The molecule has 1 saturated carbocycles. The van der Waals surface area contributed by atoms with Crippen molar-refractivity contribution in [1.82, 2.24) is 0 Å². The first-order chi connectivity index (χ1) is 12.7. The van der Waals surface area contributed by atoms with E-state index >= 15 is 0 Å². The number of esters is 1. The van der Waals surface area contributed by atoms with Crippen molar-refractivity contribution in [3.8, 4) is 0 Å². The summed E-state index contributed by atoms with van der Waals surface area (Å²) in [4.78, 5) is 22.7. The van der Waals surface area contributed by atoms with Crippen molar-refractivity contribution in [3.63, 3.8) is 0 Å². The zero-order valence-electron chi connectivity index (χ0n) is 16.2. The van der Waals surface area contributed by atoms with Crippen LogP contribution in [0.1, 0.15) is 57.3 Å². The Hall–Kier alpha value is -1.60. The van der Waals surface area contributed by atoms with Crippen molar-refractivity contribution >= 4 is 23.4 Å². The van der Waals surface area contributed by atoms with Gasteiger partial charge in [-0.3, -0.25) is 10.1 Å². The van der Waals surface area contributed by atoms with Crippen LogP contribution < -0.4 is 0 Å². The molecule has 1 aliphatic heterocycles. The molecular formula is C20H27NO5S. The molecule has 1 aliphatic carbocycles. The van der Waals surface area contributed by atoms with Gasteiger partial charge < -0.3 is 9.47 Å². The minimum absolute atomic E-state index is 0.0509. The number of hydrogen-bond donors (Lipinski definition) is 0. The molecule has 1 heterocycles. The van der Waals surface area contributed by atoms with E-state index in [0.717, 1.165) is 6.42 Å². The Kier molecular flexibility index (Phi) is 5.82. The molecule has 2 fully saturated rings. The second-order valence-corrected chi connectivity index (χ2v) is 9.96. The molecule has 1 aromatic carbocycles. The van der Waals surface area contributed by atoms with Gasteiger partial charge >= 0.3 is 5.97 Å². The fourth-order valence-electron chi connectivity index (χ4n) is 4.08. The minimum atomic E-state index is -0.492. The lowest BCUT2D eigenvalue weighted by molar-refractivity contribution is -0.384. The third-order valence-corrected chi connectivity index (χ3v) is 7.30. The fourth-order valence-corrected chi connectivity index (χ4v) is 5.57. The van der Waals surface area contributed by atoms with Crippen molar-refractivity contribution in [2.45, 2.75) is 69.3 Å². The maximum Gasteiger partial charge on any atom is 0.338 e. The van der Waals surface area contributed by atoms with Gasteiger partial charge in [-0.1, -0.05) is 27.2 Å². The van der Waals surface area contributed by atoms with Gasteiger partial charge in [0, 0.05) is 16.9 Å². The van der Waals surface area contributed by atoms with Crippen LogP contribution in [-0.4, -0.2) is 33.3 Å². The lowest BCUT2D eigenvalue weighted by Crippen LogP contribution is -2.51. The first kappa shape index (κ1) is 20.1. The quantitative estimate of drug-likeness (QED) is 0.415. The second kappa shape index (κ2) is 7.80. The summed E-state index contributed by atoms with van der Waals surface area (Å²) >= 11 is 1.74. The molecule has 1 saturated heterocycles. The third kappa shape index (κ3) is 4.46. The molecule has 0 spiro atoms. The number of ether oxygens (including phenoxy) is 2. The highest BCUT2D eigenvalue weighted by molar-refractivity contribution is 8.01. The fraction of sp³-hybridized carbons (Fsp3) is 0.650. The molecule has 6 nitrogen and oxygen atoms in total. The summed E-state index contributed by atoms with van der Waals surface area (Å²) in [5.74, 6) is 0.690. The molecule has 0 aromatic heterocycles. The highest BCUT2D eigenvalue weighted by Crippen LogP contribution is 2.51. The maximum atomic E-state index is 12.4. The summed E-state index contributed by atoms with van der Waals surface area (Å²) in [7, 11) is 0. The van der Waals surface area contributed by atoms with Crippen molar-refractivity contribution in [1.29, 1.82) is 0 Å². The van der Waals surface area contributed by atoms with Crippen LogP contribution in [0, 0.1) is 22.0 Å². The van der Waals surface area contributed by atoms with E-state index in [1.54, 1.807) is 11.8 Å². The molecule has 1 aromatic rings. The van der Waals surface area contributed by atoms with Gasteiger partial charge in [-0.15, -0.1) is 11.8 Å². The van der Waals surface area contributed by atoms with E-state index in [9.17, 15) is 14.9 Å². The van der Waals surface area contributed by atoms with Gasteiger partial charge in [0.25, 0.3) is 5.69 Å². The number of carbonyl (C=O) groups is 1. The van der Waals surface area contributed by atoms with Crippen LogP contribution in [0.3, 0.4) is 0 Å². The van der Waals surface area contributed by atoms with Gasteiger partial charge in [0.15, 0.2) is 0 Å². The Bertz CT molecular complexity index is 705. The van der Waals surface area contributed by atoms with Gasteiger partial charge in [0.1, 0.15) is 11.5 Å². The number of benzene rings is 1. The molecular weight excluding hydrogens is 366 g/mol. The number of hydrogen-bond acceptors (Lipinski definition) is 6. The van der Waals surface area contributed by atoms with Crippen molar-refractivity contribution in [3.05, 3.63) is 39.9 Å². The Morgan fingerprint density at radius 1 is 1.33 bits per heavy atom. The topological polar surface area (TPSA) is 78.7 Å². The number of nitrogens with zero attached hydrogens (tertiary/aromatic N) is 1. The molecule has 0 bridgehead atoms. The summed E-state index contributed by atoms with van der Waals surface area (Å²) in [5.41, 5.74) is 0.0372. The van der Waals surface area contributed by atoms with Crippen LogP contribution in [0.25, 0.3) is 0 Å². The second-order valence-electron chi connectivity index (χ2n) is 8.20. The number of fused-ring (bicyclic) bond motifs is 1. The zero-order valence-corrected chi connectivity index (χ0v) is 17.0. The van der Waals surface area contributed by atoms with Gasteiger partial charge in [-0.2, -0.15) is 0 Å². The van der Waals surface area contributed by atoms with Crippen molar-refractivity contribution in [2.75, 3.05) is 0 Å². The highest BCUT2D eigenvalue weighted by atomic mass is 32.2. The van der Waals surface area contributed by atoms with E-state index in [2.05, 4.69) is 20.8 Å². The first-order valence-electron chi connectivity index (χ1n) is 9.46. The largest absolute Gasteiger partial charge is 0.455 e. The highest BCUT2D eigenvalue weighted by Gasteiger charge is 2.48. The number of rotatable bonds is 4. The summed E-state index contributed by atoms with van der Waals surface area (Å²) in [5, 5.41) is 10.7. The maximum absolute atomic E-state index is 12.4. The molecule has 0 unspecified atom stereocenters. The first-order valence-corrected chi connectivity index (χ1v) is 10.3. The Morgan fingerprint density at radius 3 is 2.63 bits per heavy atom. The number of thioether (sulfide) groups is 1. The van der Waals surface area contributed by atoms with Gasteiger partial charge in [-0.25, -0.2) is 4.79 Å². The average Bonchev–Trinajstić information content (AvgIpc) is 2.60. The molecule has 148 valence electrons. The Balaban J connectivity index is 1.65. The molecule has 5 atom stereocenters. The number of non-ortho nitro benzene ring substituents is 1. The van der Waals surface area contributed by atoms with E-state index in [1.807, 2.05) is 6.92 Å². The lowest BCUT2D eigenvalue weighted by Gasteiger charge is -2.50. The molecule has 27 heavy (non-hydrogen) atoms. The average molecular weight is 394 g/mol. The van der Waals surface area contributed by atoms with Crippen LogP contribution >= 0.6 is 11.8 Å². The number of carbonyl (C=O) groups excluding carboxylic acids is 1. The molecule has 2 aliphatic rings. The van der Waals surface area contributed by atoms with E-state index in [1.165, 1.54) is 37.1 Å². The van der Waals surface area contributed by atoms with E-state index in [4.69, 9.17) is 9.47 Å². The van der Waals surface area contributed by atoms with E-state index < -0.39 is 17.0 Å². The predicted octanol–water partition coefficient (Wildman–Crippen LogP) is 4.81. The van der Waals surface area contributed by atoms with Crippen LogP contribution in [-0.2, 0) is 9.47 Å². The molecule has 3 rings (SSSR count). The van der Waals surface area contributed by atoms with Crippen molar-refractivity contribution in [2.24, 2.45) is 11.8 Å². The standard InChI is InChI=1S/C20H27NO5S/c1-12-5-10-16-17(11-12)26-19(27-20(16,3)4)13(2)25-18(22)14-6-8-15(9-7-14)21(23)24/h6-9,12-13,16-17,19H,5,10-11H2,1-4H3/t12-,13+,16-,17-,19-/m1/s1. The summed E-state index contributed by atoms with van der Waals surface area (Å²) in [6, 6.07) is 5.46. The summed E-state index contributed by atoms with van der Waals surface area (Å²) in [6.45, 7) is 8.63. The summed E-state index contributed by atoms with van der Waals surface area (Å²) in [6.07, 6.45) is 3.26. The Labute approximate surface area is 164 Å². The van der Waals surface area contributed by atoms with Crippen molar-refractivity contribution < 1.29 is 19.2 Å². The van der Waals surface area contributed by atoms with E-state index in [-0.39, 0.29) is 22.0 Å². The number of nitro benzene ring substituents is 1. The predicted molar refractivity (Wildman–Crippen MR) is 105 cm³/mol. The van der Waals surface area contributed by atoms with Gasteiger partial charge in [0.2, 0.25) is 0 Å². The SMILES string of the molecule is C[C@@H]1CC[C@@H]2[C@@H](C1)O[C@@H]([C@H](C)OC(=O)c1ccc([N+](=O)[O-])cc1)SC2(C)C. The zero-order chi connectivity index (χ0) is 19.8. The smallest absolute Gasteiger partial charge is 0.338 e. The molecule has 0 radical (unpaired) electrons. The monoisotopic (exact) mass is 393 g/mol. The van der Waals surface area contributed by atoms with Gasteiger partial charge in [-0.05, 0) is 43.7 Å². The van der Waals surface area contributed by atoms with Crippen LogP contribution in [0.5, 0.6) is 0 Å². The van der Waals surface area contributed by atoms with Crippen LogP contribution in [0.15, 0.2) is 24.3 Å². The number of nitro groups is 1. The van der Waals surface area contributed by atoms with Crippen LogP contribution in [0.2, 0.25) is 0 Å². The van der Waals surface area contributed by atoms with Gasteiger partial charge in [0.05, 0.1) is 16.6 Å². The molecule has 0 amide bonds. The molecule has 0 N–H and O–H groups in total. The van der Waals surface area contributed by atoms with E-state index in [0.29, 0.717) is 17.4 Å². The summed E-state index contributed by atoms with van der Waals surface area (Å²) < 4.78 is 12.0. The molecule has 7 heteroatoms. The minimum Gasteiger partial charge on any atom is -0.455 e. The lowest BCUT2D eigenvalue weighted by atomic mass is 9.75. The normalized spacial score (nSPS) is 30.8. The Morgan fingerprint density at radius 2 is 2.00 bits per heavy atom. The third-order valence-electron chi connectivity index (χ3n) is 5.67. The van der Waals surface area contributed by atoms with Crippen LogP contribution in [0.4, 0.5) is 5.69 Å².